The molecule has 1 rings (SSSR count). The van der Waals surface area contributed by atoms with E-state index in [0.29, 0.717) is 0 Å². The van der Waals surface area contributed by atoms with Crippen LogP contribution in [-0.4, -0.2) is 17.8 Å². The van der Waals surface area contributed by atoms with E-state index >= 15 is 0 Å². The van der Waals surface area contributed by atoms with E-state index < -0.39 is 0 Å². The summed E-state index contributed by atoms with van der Waals surface area (Å²) in [7, 11) is 0. The first-order valence-corrected chi connectivity index (χ1v) is 5.21. The minimum atomic E-state index is -0.0124. The molecule has 1 aliphatic carbocycles. The minimum Gasteiger partial charge on any atom is -0.393 e. The van der Waals surface area contributed by atoms with Crippen LogP contribution >= 0.6 is 0 Å². The summed E-state index contributed by atoms with van der Waals surface area (Å²) in [5, 5.41) is 9.41. The van der Waals surface area contributed by atoms with Gasteiger partial charge in [0, 0.05) is 0 Å². The molecule has 0 heterocycles. The SMILES string of the molecule is NCCCCC1CCCC(O)C1. The second-order valence-corrected chi connectivity index (χ2v) is 3.97. The van der Waals surface area contributed by atoms with Crippen molar-refractivity contribution in [1.29, 1.82) is 0 Å². The van der Waals surface area contributed by atoms with Gasteiger partial charge in [-0.15, -0.1) is 0 Å². The maximum absolute atomic E-state index is 9.41. The number of aliphatic hydroxyl groups is 1. The number of unbranched alkanes of at least 4 members (excludes halogenated alkanes) is 1. The molecular formula is C10H21NO. The third-order valence-corrected chi connectivity index (χ3v) is 2.82. The summed E-state index contributed by atoms with van der Waals surface area (Å²) < 4.78 is 0. The van der Waals surface area contributed by atoms with Gasteiger partial charge in [-0.05, 0) is 31.7 Å². The summed E-state index contributed by atoms with van der Waals surface area (Å²) >= 11 is 0. The summed E-state index contributed by atoms with van der Waals surface area (Å²) in [6.45, 7) is 0.815. The Labute approximate surface area is 75.2 Å². The van der Waals surface area contributed by atoms with Crippen molar-refractivity contribution in [2.45, 2.75) is 51.0 Å². The first kappa shape index (κ1) is 10.0. The molecule has 2 atom stereocenters. The van der Waals surface area contributed by atoms with E-state index in [1.807, 2.05) is 0 Å². The van der Waals surface area contributed by atoms with E-state index in [1.54, 1.807) is 0 Å². The van der Waals surface area contributed by atoms with Crippen molar-refractivity contribution in [2.75, 3.05) is 6.54 Å². The molecule has 2 nitrogen and oxygen atoms in total. The van der Waals surface area contributed by atoms with E-state index in [0.717, 1.165) is 31.7 Å². The summed E-state index contributed by atoms with van der Waals surface area (Å²) in [6, 6.07) is 0. The first-order chi connectivity index (χ1) is 5.83. The number of rotatable bonds is 4. The molecule has 1 saturated carbocycles. The van der Waals surface area contributed by atoms with Crippen LogP contribution in [0, 0.1) is 5.92 Å². The number of hydrogen-bond donors (Lipinski definition) is 2. The zero-order valence-electron chi connectivity index (χ0n) is 7.84. The molecule has 72 valence electrons. The lowest BCUT2D eigenvalue weighted by Gasteiger charge is -2.25. The van der Waals surface area contributed by atoms with Crippen LogP contribution in [0.2, 0.25) is 0 Å². The predicted molar refractivity (Wildman–Crippen MR) is 50.9 cm³/mol. The Bertz CT molecular complexity index is 116. The van der Waals surface area contributed by atoms with E-state index in [9.17, 15) is 5.11 Å². The largest absolute Gasteiger partial charge is 0.393 e. The standard InChI is InChI=1S/C10H21NO/c11-7-2-1-4-9-5-3-6-10(12)8-9/h9-10,12H,1-8,11H2. The van der Waals surface area contributed by atoms with Crippen LogP contribution in [0.15, 0.2) is 0 Å². The fraction of sp³-hybridized carbons (Fsp3) is 1.00. The highest BCUT2D eigenvalue weighted by atomic mass is 16.3. The smallest absolute Gasteiger partial charge is 0.0542 e. The van der Waals surface area contributed by atoms with Crippen LogP contribution < -0.4 is 5.73 Å². The Balaban J connectivity index is 2.06. The van der Waals surface area contributed by atoms with Gasteiger partial charge in [-0.1, -0.05) is 25.7 Å². The van der Waals surface area contributed by atoms with Gasteiger partial charge in [-0.2, -0.15) is 0 Å². The highest BCUT2D eigenvalue weighted by Gasteiger charge is 2.19. The van der Waals surface area contributed by atoms with Crippen LogP contribution in [0.25, 0.3) is 0 Å². The normalized spacial score (nSPS) is 30.5. The third-order valence-electron chi connectivity index (χ3n) is 2.82. The van der Waals surface area contributed by atoms with Crippen molar-refractivity contribution in [2.24, 2.45) is 11.7 Å². The van der Waals surface area contributed by atoms with Crippen molar-refractivity contribution < 1.29 is 5.11 Å². The van der Waals surface area contributed by atoms with Crippen molar-refractivity contribution in [3.05, 3.63) is 0 Å². The monoisotopic (exact) mass is 171 g/mol. The fourth-order valence-electron chi connectivity index (χ4n) is 2.10. The van der Waals surface area contributed by atoms with Crippen molar-refractivity contribution >= 4 is 0 Å². The van der Waals surface area contributed by atoms with Crippen LogP contribution in [-0.2, 0) is 0 Å². The molecule has 1 fully saturated rings. The fourth-order valence-corrected chi connectivity index (χ4v) is 2.10. The van der Waals surface area contributed by atoms with Crippen molar-refractivity contribution in [1.82, 2.24) is 0 Å². The van der Waals surface area contributed by atoms with Gasteiger partial charge in [-0.25, -0.2) is 0 Å². The highest BCUT2D eigenvalue weighted by molar-refractivity contribution is 4.71. The Morgan fingerprint density at radius 2 is 2.08 bits per heavy atom. The van der Waals surface area contributed by atoms with Gasteiger partial charge >= 0.3 is 0 Å². The second kappa shape index (κ2) is 5.55. The molecule has 12 heavy (non-hydrogen) atoms. The molecule has 0 saturated heterocycles. The van der Waals surface area contributed by atoms with Gasteiger partial charge in [0.2, 0.25) is 0 Å². The van der Waals surface area contributed by atoms with Crippen LogP contribution in [0.3, 0.4) is 0 Å². The zero-order chi connectivity index (χ0) is 8.81. The summed E-state index contributed by atoms with van der Waals surface area (Å²) in [5.41, 5.74) is 5.42. The average molecular weight is 171 g/mol. The van der Waals surface area contributed by atoms with Gasteiger partial charge < -0.3 is 10.8 Å². The maximum atomic E-state index is 9.41. The molecule has 0 radical (unpaired) electrons. The van der Waals surface area contributed by atoms with Crippen molar-refractivity contribution in [3.63, 3.8) is 0 Å². The third kappa shape index (κ3) is 3.55. The number of hydrogen-bond acceptors (Lipinski definition) is 2. The van der Waals surface area contributed by atoms with Gasteiger partial charge in [0.25, 0.3) is 0 Å². The van der Waals surface area contributed by atoms with Gasteiger partial charge in [0.1, 0.15) is 0 Å². The summed E-state index contributed by atoms with van der Waals surface area (Å²) in [6.07, 6.45) is 8.24. The molecule has 0 aliphatic heterocycles. The second-order valence-electron chi connectivity index (χ2n) is 3.97. The van der Waals surface area contributed by atoms with Crippen LogP contribution in [0.4, 0.5) is 0 Å². The van der Waals surface area contributed by atoms with E-state index in [2.05, 4.69) is 0 Å². The molecule has 0 spiro atoms. The molecular weight excluding hydrogens is 150 g/mol. The lowest BCUT2D eigenvalue weighted by Crippen LogP contribution is -2.19. The van der Waals surface area contributed by atoms with Gasteiger partial charge in [0.05, 0.1) is 6.10 Å². The molecule has 0 amide bonds. The maximum Gasteiger partial charge on any atom is 0.0542 e. The Morgan fingerprint density at radius 3 is 2.75 bits per heavy atom. The predicted octanol–water partition coefficient (Wildman–Crippen LogP) is 1.67. The van der Waals surface area contributed by atoms with Crippen LogP contribution in [0.1, 0.15) is 44.9 Å². The van der Waals surface area contributed by atoms with Gasteiger partial charge in [-0.3, -0.25) is 0 Å². The molecule has 1 aliphatic rings. The van der Waals surface area contributed by atoms with E-state index in [-0.39, 0.29) is 6.10 Å². The lowest BCUT2D eigenvalue weighted by molar-refractivity contribution is 0.0975. The highest BCUT2D eigenvalue weighted by Crippen LogP contribution is 2.27. The molecule has 2 heteroatoms. The lowest BCUT2D eigenvalue weighted by atomic mass is 9.84. The van der Waals surface area contributed by atoms with E-state index in [1.165, 1.54) is 25.7 Å². The minimum absolute atomic E-state index is 0.0124. The summed E-state index contributed by atoms with van der Waals surface area (Å²) in [5.74, 6) is 0.778. The number of nitrogens with two attached hydrogens (primary N) is 1. The average Bonchev–Trinajstić information content (AvgIpc) is 2.05. The molecule has 0 aromatic rings. The van der Waals surface area contributed by atoms with E-state index in [4.69, 9.17) is 5.73 Å². The first-order valence-electron chi connectivity index (χ1n) is 5.21. The Morgan fingerprint density at radius 1 is 1.25 bits per heavy atom. The molecule has 0 aromatic carbocycles. The molecule has 0 aromatic heterocycles. The Hall–Kier alpha value is -0.0800. The topological polar surface area (TPSA) is 46.2 Å². The molecule has 2 unspecified atom stereocenters. The molecule has 0 bridgehead atoms. The quantitative estimate of drug-likeness (QED) is 0.632. The molecule has 3 N–H and O–H groups in total. The summed E-state index contributed by atoms with van der Waals surface area (Å²) in [4.78, 5) is 0. The zero-order valence-corrected chi connectivity index (χ0v) is 7.84. The van der Waals surface area contributed by atoms with Crippen LogP contribution in [0.5, 0.6) is 0 Å². The van der Waals surface area contributed by atoms with Gasteiger partial charge in [0.15, 0.2) is 0 Å². The Kier molecular flexibility index (Phi) is 4.62. The van der Waals surface area contributed by atoms with Crippen molar-refractivity contribution in [3.8, 4) is 0 Å². The number of aliphatic hydroxyl groups excluding tert-OH is 1.